The van der Waals surface area contributed by atoms with Gasteiger partial charge in [-0.15, -0.1) is 0 Å². The molecule has 0 fully saturated rings. The maximum atomic E-state index is 10.3. The van der Waals surface area contributed by atoms with Crippen LogP contribution in [-0.4, -0.2) is 21.0 Å². The molecule has 1 rings (SSSR count). The van der Waals surface area contributed by atoms with Crippen LogP contribution in [0.2, 0.25) is 0 Å². The molecule has 1 aromatic rings. The second-order valence-electron chi connectivity index (χ2n) is 2.19. The summed E-state index contributed by atoms with van der Waals surface area (Å²) in [7, 11) is 0. The van der Waals surface area contributed by atoms with Crippen molar-refractivity contribution in [2.45, 2.75) is 6.42 Å². The second kappa shape index (κ2) is 2.99. The summed E-state index contributed by atoms with van der Waals surface area (Å²) in [5, 5.41) is 23.1. The Morgan fingerprint density at radius 1 is 1.92 bits per heavy atom. The van der Waals surface area contributed by atoms with Gasteiger partial charge in [-0.25, -0.2) is 0 Å². The van der Waals surface area contributed by atoms with E-state index in [1.807, 2.05) is 0 Å². The van der Waals surface area contributed by atoms with Gasteiger partial charge in [0.25, 0.3) is 0 Å². The summed E-state index contributed by atoms with van der Waals surface area (Å²) in [6, 6.07) is 0. The zero-order valence-corrected chi connectivity index (χ0v) is 6.07. The number of hydrogen-bond acceptors (Lipinski definition) is 4. The zero-order chi connectivity index (χ0) is 9.14. The summed E-state index contributed by atoms with van der Waals surface area (Å²) in [6.45, 7) is 0. The highest BCUT2D eigenvalue weighted by Crippen LogP contribution is 2.14. The highest BCUT2D eigenvalue weighted by Gasteiger charge is 2.15. The van der Waals surface area contributed by atoms with Crippen LogP contribution >= 0.6 is 0 Å². The molecule has 0 atom stereocenters. The van der Waals surface area contributed by atoms with Gasteiger partial charge in [0.2, 0.25) is 0 Å². The average molecular weight is 169 g/mol. The number of nitro groups is 1. The minimum atomic E-state index is -0.568. The van der Waals surface area contributed by atoms with Gasteiger partial charge in [0.05, 0.1) is 17.2 Å². The predicted molar refractivity (Wildman–Crippen MR) is 40.9 cm³/mol. The number of nitrogens with one attached hydrogen (secondary N) is 2. The molecule has 7 nitrogen and oxygen atoms in total. The van der Waals surface area contributed by atoms with Gasteiger partial charge in [-0.05, 0) is 0 Å². The minimum absolute atomic E-state index is 0.0241. The highest BCUT2D eigenvalue weighted by atomic mass is 16.6. The Morgan fingerprint density at radius 3 is 3.08 bits per heavy atom. The first-order valence-corrected chi connectivity index (χ1v) is 3.11. The second-order valence-corrected chi connectivity index (χ2v) is 2.19. The average Bonchev–Trinajstić information content (AvgIpc) is 2.33. The summed E-state index contributed by atoms with van der Waals surface area (Å²) >= 11 is 0. The minimum Gasteiger partial charge on any atom is -0.387 e. The van der Waals surface area contributed by atoms with Gasteiger partial charge in [-0.2, -0.15) is 5.10 Å². The Morgan fingerprint density at radius 2 is 2.58 bits per heavy atom. The number of nitrogens with two attached hydrogens (primary N) is 1. The van der Waals surface area contributed by atoms with E-state index in [1.165, 1.54) is 0 Å². The van der Waals surface area contributed by atoms with E-state index < -0.39 is 4.92 Å². The topological polar surface area (TPSA) is 122 Å². The van der Waals surface area contributed by atoms with E-state index in [0.717, 1.165) is 6.20 Å². The van der Waals surface area contributed by atoms with Crippen molar-refractivity contribution in [2.24, 2.45) is 5.73 Å². The number of hydrogen-bond donors (Lipinski definition) is 3. The molecule has 0 aromatic carbocycles. The monoisotopic (exact) mass is 169 g/mol. The first-order chi connectivity index (χ1) is 5.61. The van der Waals surface area contributed by atoms with Crippen molar-refractivity contribution < 1.29 is 4.92 Å². The SMILES string of the molecule is N=C(N)Cc1[nH]ncc1[N+](=O)[O-]. The first-order valence-electron chi connectivity index (χ1n) is 3.11. The Kier molecular flexibility index (Phi) is 2.04. The third-order valence-electron chi connectivity index (χ3n) is 1.26. The van der Waals surface area contributed by atoms with Crippen LogP contribution in [0.3, 0.4) is 0 Å². The molecule has 0 aliphatic heterocycles. The van der Waals surface area contributed by atoms with Crippen LogP contribution in [0.25, 0.3) is 0 Å². The lowest BCUT2D eigenvalue weighted by Crippen LogP contribution is -2.13. The standard InChI is InChI=1S/C5H7N5O2/c6-5(7)1-3-4(10(11)12)2-8-9-3/h2H,1H2,(H3,6,7)(H,8,9). The van der Waals surface area contributed by atoms with Crippen molar-refractivity contribution in [3.63, 3.8) is 0 Å². The van der Waals surface area contributed by atoms with Gasteiger partial charge >= 0.3 is 5.69 Å². The van der Waals surface area contributed by atoms with Crippen LogP contribution in [0.4, 0.5) is 5.69 Å². The van der Waals surface area contributed by atoms with Gasteiger partial charge in [0.15, 0.2) is 0 Å². The lowest BCUT2D eigenvalue weighted by Gasteiger charge is -1.93. The summed E-state index contributed by atoms with van der Waals surface area (Å²) in [5.41, 5.74) is 5.19. The van der Waals surface area contributed by atoms with Crippen molar-refractivity contribution >= 4 is 11.5 Å². The molecule has 1 aromatic heterocycles. The molecule has 0 amide bonds. The van der Waals surface area contributed by atoms with Gasteiger partial charge in [0, 0.05) is 0 Å². The van der Waals surface area contributed by atoms with Gasteiger partial charge < -0.3 is 5.73 Å². The number of H-pyrrole nitrogens is 1. The van der Waals surface area contributed by atoms with Gasteiger partial charge in [0.1, 0.15) is 11.9 Å². The van der Waals surface area contributed by atoms with Crippen molar-refractivity contribution in [1.29, 1.82) is 5.41 Å². The van der Waals surface area contributed by atoms with Crippen LogP contribution in [0.15, 0.2) is 6.20 Å². The van der Waals surface area contributed by atoms with Crippen LogP contribution in [0, 0.1) is 15.5 Å². The van der Waals surface area contributed by atoms with Crippen molar-refractivity contribution in [2.75, 3.05) is 0 Å². The molecule has 1 heterocycles. The third-order valence-corrected chi connectivity index (χ3v) is 1.26. The number of amidine groups is 1. The molecular formula is C5H7N5O2. The summed E-state index contributed by atoms with van der Waals surface area (Å²) in [5.74, 6) is -0.137. The first kappa shape index (κ1) is 8.18. The summed E-state index contributed by atoms with van der Waals surface area (Å²) in [6.07, 6.45) is 1.12. The number of rotatable bonds is 3. The van der Waals surface area contributed by atoms with E-state index in [0.29, 0.717) is 0 Å². The van der Waals surface area contributed by atoms with Crippen LogP contribution in [-0.2, 0) is 6.42 Å². The van der Waals surface area contributed by atoms with Crippen LogP contribution in [0.1, 0.15) is 5.69 Å². The molecule has 0 unspecified atom stereocenters. The Balaban J connectivity index is 2.91. The Labute approximate surface area is 67.2 Å². The maximum absolute atomic E-state index is 10.3. The molecule has 0 saturated heterocycles. The molecule has 0 spiro atoms. The fraction of sp³-hybridized carbons (Fsp3) is 0.200. The molecule has 0 aliphatic rings. The van der Waals surface area contributed by atoms with Crippen molar-refractivity contribution in [1.82, 2.24) is 10.2 Å². The van der Waals surface area contributed by atoms with Crippen molar-refractivity contribution in [3.8, 4) is 0 Å². The lowest BCUT2D eigenvalue weighted by atomic mass is 10.3. The van der Waals surface area contributed by atoms with E-state index in [9.17, 15) is 10.1 Å². The molecule has 7 heteroatoms. The smallest absolute Gasteiger partial charge is 0.310 e. The van der Waals surface area contributed by atoms with E-state index >= 15 is 0 Å². The molecule has 4 N–H and O–H groups in total. The molecule has 64 valence electrons. The van der Waals surface area contributed by atoms with Crippen LogP contribution in [0.5, 0.6) is 0 Å². The fourth-order valence-electron chi connectivity index (χ4n) is 0.784. The number of aromatic nitrogens is 2. The third kappa shape index (κ3) is 1.57. The van der Waals surface area contributed by atoms with Gasteiger partial charge in [-0.1, -0.05) is 0 Å². The van der Waals surface area contributed by atoms with E-state index in [1.54, 1.807) is 0 Å². The molecule has 12 heavy (non-hydrogen) atoms. The summed E-state index contributed by atoms with van der Waals surface area (Å²) in [4.78, 5) is 9.73. The number of nitrogens with zero attached hydrogens (tertiary/aromatic N) is 2. The highest BCUT2D eigenvalue weighted by molar-refractivity contribution is 5.79. The molecule has 0 aliphatic carbocycles. The van der Waals surface area contributed by atoms with Gasteiger partial charge in [-0.3, -0.25) is 20.6 Å². The van der Waals surface area contributed by atoms with E-state index in [-0.39, 0.29) is 23.6 Å². The normalized spacial score (nSPS) is 9.67. The largest absolute Gasteiger partial charge is 0.387 e. The Bertz CT molecular complexity index is 317. The summed E-state index contributed by atoms with van der Waals surface area (Å²) < 4.78 is 0. The number of aromatic amines is 1. The maximum Gasteiger partial charge on any atom is 0.310 e. The molecule has 0 radical (unpaired) electrons. The zero-order valence-electron chi connectivity index (χ0n) is 6.07. The lowest BCUT2D eigenvalue weighted by molar-refractivity contribution is -0.385. The fourth-order valence-corrected chi connectivity index (χ4v) is 0.784. The van der Waals surface area contributed by atoms with E-state index in [2.05, 4.69) is 10.2 Å². The quantitative estimate of drug-likeness (QED) is 0.251. The molecule has 0 bridgehead atoms. The Hall–Kier alpha value is -1.92. The van der Waals surface area contributed by atoms with Crippen molar-refractivity contribution in [3.05, 3.63) is 22.0 Å². The van der Waals surface area contributed by atoms with E-state index in [4.69, 9.17) is 11.1 Å². The van der Waals surface area contributed by atoms with Crippen LogP contribution < -0.4 is 5.73 Å². The predicted octanol–water partition coefficient (Wildman–Crippen LogP) is -0.204. The molecule has 0 saturated carbocycles. The molecular weight excluding hydrogens is 162 g/mol.